The molecule has 1 heterocycles. The lowest BCUT2D eigenvalue weighted by atomic mass is 10.1. The van der Waals surface area contributed by atoms with Crippen LogP contribution in [-0.4, -0.2) is 68.0 Å². The zero-order chi connectivity index (χ0) is 18.9. The summed E-state index contributed by atoms with van der Waals surface area (Å²) in [6, 6.07) is 6.39. The van der Waals surface area contributed by atoms with Gasteiger partial charge in [0.2, 0.25) is 5.91 Å². The van der Waals surface area contributed by atoms with Crippen LogP contribution in [0.3, 0.4) is 0 Å². The first-order valence-electron chi connectivity index (χ1n) is 9.60. The van der Waals surface area contributed by atoms with Crippen molar-refractivity contribution in [1.82, 2.24) is 15.1 Å². The number of carbonyl (C=O) groups is 1. The Bertz CT molecular complexity index is 632. The second kappa shape index (κ2) is 12.0. The Morgan fingerprint density at radius 1 is 1.26 bits per heavy atom. The van der Waals surface area contributed by atoms with Gasteiger partial charge < -0.3 is 19.9 Å². The van der Waals surface area contributed by atoms with E-state index in [0.717, 1.165) is 50.8 Å². The number of amides is 1. The van der Waals surface area contributed by atoms with E-state index in [-0.39, 0.29) is 29.9 Å². The summed E-state index contributed by atoms with van der Waals surface area (Å²) in [5, 5.41) is 3.28. The third-order valence-electron chi connectivity index (χ3n) is 4.60. The summed E-state index contributed by atoms with van der Waals surface area (Å²) >= 11 is 0. The number of nitrogens with one attached hydrogen (secondary N) is 1. The van der Waals surface area contributed by atoms with Gasteiger partial charge in [-0.3, -0.25) is 9.79 Å². The Kier molecular flexibility index (Phi) is 10.5. The predicted molar refractivity (Wildman–Crippen MR) is 121 cm³/mol. The van der Waals surface area contributed by atoms with E-state index in [1.165, 1.54) is 11.1 Å². The molecule has 1 aliphatic rings. The number of carbonyl (C=O) groups excluding carboxylic acids is 1. The fourth-order valence-corrected chi connectivity index (χ4v) is 3.11. The molecule has 1 aliphatic heterocycles. The normalized spacial score (nSPS) is 12.7. The highest BCUT2D eigenvalue weighted by atomic mass is 127. The SMILES string of the molecule is CCNC(=NCCc1ccc2c(c1)CCO2)N(C)CC(=O)N(CC)CC.I. The molecule has 152 valence electrons. The van der Waals surface area contributed by atoms with E-state index in [4.69, 9.17) is 9.73 Å². The van der Waals surface area contributed by atoms with Gasteiger partial charge in [-0.2, -0.15) is 0 Å². The maximum absolute atomic E-state index is 12.3. The first-order chi connectivity index (χ1) is 12.6. The quantitative estimate of drug-likeness (QED) is 0.347. The van der Waals surface area contributed by atoms with E-state index in [2.05, 4.69) is 23.5 Å². The van der Waals surface area contributed by atoms with Crippen LogP contribution in [0.4, 0.5) is 0 Å². The van der Waals surface area contributed by atoms with Crippen molar-refractivity contribution < 1.29 is 9.53 Å². The molecule has 1 aromatic rings. The summed E-state index contributed by atoms with van der Waals surface area (Å²) in [6.45, 7) is 10.1. The van der Waals surface area contributed by atoms with Crippen molar-refractivity contribution in [3.63, 3.8) is 0 Å². The molecular formula is C20H33IN4O2. The number of ether oxygens (including phenoxy) is 1. The van der Waals surface area contributed by atoms with Crippen molar-refractivity contribution in [3.8, 4) is 5.75 Å². The number of hydrogen-bond acceptors (Lipinski definition) is 3. The molecule has 0 bridgehead atoms. The summed E-state index contributed by atoms with van der Waals surface area (Å²) in [5.41, 5.74) is 2.57. The van der Waals surface area contributed by atoms with Crippen LogP contribution in [0.1, 0.15) is 31.9 Å². The number of likely N-dealkylation sites (N-methyl/N-ethyl adjacent to an activating group) is 2. The van der Waals surface area contributed by atoms with Crippen molar-refractivity contribution in [3.05, 3.63) is 29.3 Å². The Morgan fingerprint density at radius 2 is 2.00 bits per heavy atom. The monoisotopic (exact) mass is 488 g/mol. The smallest absolute Gasteiger partial charge is 0.242 e. The average Bonchev–Trinajstić information content (AvgIpc) is 3.09. The molecule has 0 unspecified atom stereocenters. The zero-order valence-corrected chi connectivity index (χ0v) is 19.3. The number of guanidine groups is 1. The Hall–Kier alpha value is -1.51. The van der Waals surface area contributed by atoms with E-state index in [0.29, 0.717) is 13.1 Å². The van der Waals surface area contributed by atoms with Gasteiger partial charge in [-0.15, -0.1) is 24.0 Å². The van der Waals surface area contributed by atoms with Crippen LogP contribution in [0, 0.1) is 0 Å². The molecule has 0 spiro atoms. The molecule has 0 aromatic heterocycles. The maximum atomic E-state index is 12.3. The molecule has 0 saturated heterocycles. The van der Waals surface area contributed by atoms with Crippen LogP contribution in [0.25, 0.3) is 0 Å². The number of halogens is 1. The van der Waals surface area contributed by atoms with Crippen LogP contribution >= 0.6 is 24.0 Å². The number of fused-ring (bicyclic) bond motifs is 1. The molecule has 0 radical (unpaired) electrons. The van der Waals surface area contributed by atoms with Gasteiger partial charge in [-0.25, -0.2) is 0 Å². The van der Waals surface area contributed by atoms with E-state index in [9.17, 15) is 4.79 Å². The van der Waals surface area contributed by atoms with E-state index >= 15 is 0 Å². The first-order valence-corrected chi connectivity index (χ1v) is 9.60. The van der Waals surface area contributed by atoms with Crippen molar-refractivity contribution in [2.75, 3.05) is 46.4 Å². The predicted octanol–water partition coefficient (Wildman–Crippen LogP) is 2.55. The van der Waals surface area contributed by atoms with Crippen molar-refractivity contribution in [2.45, 2.75) is 33.6 Å². The van der Waals surface area contributed by atoms with Crippen LogP contribution < -0.4 is 10.1 Å². The van der Waals surface area contributed by atoms with Gasteiger partial charge in [0.05, 0.1) is 13.2 Å². The third kappa shape index (κ3) is 6.86. The molecule has 0 atom stereocenters. The minimum atomic E-state index is 0. The van der Waals surface area contributed by atoms with Gasteiger partial charge in [0, 0.05) is 39.6 Å². The van der Waals surface area contributed by atoms with Crippen LogP contribution in [-0.2, 0) is 17.6 Å². The number of rotatable bonds is 8. The van der Waals surface area contributed by atoms with E-state index < -0.39 is 0 Å². The standard InChI is InChI=1S/C20H32N4O2.HI/c1-5-21-20(23(4)15-19(25)24(6-2)7-3)22-12-10-16-8-9-18-17(14-16)11-13-26-18;/h8-9,14H,5-7,10-13,15H2,1-4H3,(H,21,22);1H. The van der Waals surface area contributed by atoms with Gasteiger partial charge in [0.1, 0.15) is 5.75 Å². The fourth-order valence-electron chi connectivity index (χ4n) is 3.11. The molecular weight excluding hydrogens is 455 g/mol. The van der Waals surface area contributed by atoms with Gasteiger partial charge in [0.15, 0.2) is 5.96 Å². The highest BCUT2D eigenvalue weighted by Gasteiger charge is 2.15. The Morgan fingerprint density at radius 3 is 2.67 bits per heavy atom. The molecule has 7 heteroatoms. The van der Waals surface area contributed by atoms with Crippen LogP contribution in [0.5, 0.6) is 5.75 Å². The molecule has 1 amide bonds. The highest BCUT2D eigenvalue weighted by Crippen LogP contribution is 2.25. The molecule has 1 aromatic carbocycles. The van der Waals surface area contributed by atoms with Gasteiger partial charge in [-0.1, -0.05) is 12.1 Å². The summed E-state index contributed by atoms with van der Waals surface area (Å²) in [7, 11) is 1.91. The lowest BCUT2D eigenvalue weighted by molar-refractivity contribution is -0.131. The fraction of sp³-hybridized carbons (Fsp3) is 0.600. The van der Waals surface area contributed by atoms with Crippen LogP contribution in [0.2, 0.25) is 0 Å². The lowest BCUT2D eigenvalue weighted by Crippen LogP contribution is -2.45. The maximum Gasteiger partial charge on any atom is 0.242 e. The molecule has 27 heavy (non-hydrogen) atoms. The molecule has 0 saturated carbocycles. The van der Waals surface area contributed by atoms with Crippen LogP contribution in [0.15, 0.2) is 23.2 Å². The zero-order valence-electron chi connectivity index (χ0n) is 17.0. The third-order valence-corrected chi connectivity index (χ3v) is 4.60. The Balaban J connectivity index is 0.00000364. The summed E-state index contributed by atoms with van der Waals surface area (Å²) in [6.07, 6.45) is 1.87. The van der Waals surface area contributed by atoms with Gasteiger partial charge in [0.25, 0.3) is 0 Å². The summed E-state index contributed by atoms with van der Waals surface area (Å²) in [5.74, 6) is 1.92. The minimum absolute atomic E-state index is 0. The van der Waals surface area contributed by atoms with E-state index in [1.807, 2.05) is 37.6 Å². The van der Waals surface area contributed by atoms with Crippen molar-refractivity contribution in [2.24, 2.45) is 4.99 Å². The van der Waals surface area contributed by atoms with Crippen molar-refractivity contribution in [1.29, 1.82) is 0 Å². The second-order valence-corrected chi connectivity index (χ2v) is 6.45. The largest absolute Gasteiger partial charge is 0.493 e. The number of nitrogens with zero attached hydrogens (tertiary/aromatic N) is 3. The average molecular weight is 488 g/mol. The number of hydrogen-bond donors (Lipinski definition) is 1. The summed E-state index contributed by atoms with van der Waals surface area (Å²) < 4.78 is 5.55. The highest BCUT2D eigenvalue weighted by molar-refractivity contribution is 14.0. The van der Waals surface area contributed by atoms with Gasteiger partial charge in [-0.05, 0) is 44.4 Å². The number of aliphatic imine (C=N–C) groups is 1. The number of benzene rings is 1. The first kappa shape index (κ1) is 23.5. The Labute approximate surface area is 180 Å². The lowest BCUT2D eigenvalue weighted by Gasteiger charge is -2.25. The minimum Gasteiger partial charge on any atom is -0.493 e. The summed E-state index contributed by atoms with van der Waals surface area (Å²) in [4.78, 5) is 20.8. The van der Waals surface area contributed by atoms with Crippen molar-refractivity contribution >= 4 is 35.8 Å². The topological polar surface area (TPSA) is 57.2 Å². The molecule has 0 aliphatic carbocycles. The molecule has 2 rings (SSSR count). The van der Waals surface area contributed by atoms with Gasteiger partial charge >= 0.3 is 0 Å². The molecule has 1 N–H and O–H groups in total. The van der Waals surface area contributed by atoms with E-state index in [1.54, 1.807) is 0 Å². The molecule has 0 fully saturated rings. The molecule has 6 nitrogen and oxygen atoms in total. The second-order valence-electron chi connectivity index (χ2n) is 6.45.